The lowest BCUT2D eigenvalue weighted by Crippen LogP contribution is -2.16. The molecule has 124 valence electrons. The molecular weight excluding hydrogens is 328 g/mol. The maximum absolute atomic E-state index is 5.70. The van der Waals surface area contributed by atoms with Crippen molar-refractivity contribution >= 4 is 11.8 Å². The lowest BCUT2D eigenvalue weighted by Gasteiger charge is -2.09. The molecule has 1 atom stereocenters. The van der Waals surface area contributed by atoms with E-state index in [0.717, 1.165) is 30.2 Å². The number of hydrogen-bond acceptors (Lipinski definition) is 8. The van der Waals surface area contributed by atoms with Crippen LogP contribution in [0.5, 0.6) is 0 Å². The fraction of sp³-hybridized carbons (Fsp3) is 0.400. The van der Waals surface area contributed by atoms with Gasteiger partial charge in [0, 0.05) is 12.2 Å². The molecule has 0 aliphatic carbocycles. The van der Waals surface area contributed by atoms with Gasteiger partial charge in [-0.2, -0.15) is 0 Å². The number of nitrogens with zero attached hydrogens (tertiary/aromatic N) is 6. The van der Waals surface area contributed by atoms with Crippen molar-refractivity contribution in [3.8, 4) is 11.5 Å². The normalized spacial score (nSPS) is 17.4. The molecule has 9 heteroatoms. The second-order valence-electron chi connectivity index (χ2n) is 5.43. The molecular formula is C15H16N6O2S. The van der Waals surface area contributed by atoms with E-state index in [1.54, 1.807) is 4.68 Å². The van der Waals surface area contributed by atoms with Gasteiger partial charge in [0.15, 0.2) is 0 Å². The molecule has 3 heterocycles. The Hall–Kier alpha value is -2.26. The highest BCUT2D eigenvalue weighted by molar-refractivity contribution is 7.98. The smallest absolute Gasteiger partial charge is 0.247 e. The Labute approximate surface area is 142 Å². The summed E-state index contributed by atoms with van der Waals surface area (Å²) in [5.74, 6) is 1.59. The summed E-state index contributed by atoms with van der Waals surface area (Å²) < 4.78 is 13.1. The molecule has 0 saturated carbocycles. The Morgan fingerprint density at radius 3 is 2.92 bits per heavy atom. The Kier molecular flexibility index (Phi) is 4.52. The zero-order valence-electron chi connectivity index (χ0n) is 12.9. The molecule has 1 aliphatic heterocycles. The minimum absolute atomic E-state index is 0.195. The lowest BCUT2D eigenvalue weighted by atomic mass is 10.2. The number of hydrogen-bond donors (Lipinski definition) is 0. The topological polar surface area (TPSA) is 91.8 Å². The summed E-state index contributed by atoms with van der Waals surface area (Å²) in [5.41, 5.74) is 0.907. The van der Waals surface area contributed by atoms with Gasteiger partial charge in [0.25, 0.3) is 0 Å². The van der Waals surface area contributed by atoms with Crippen LogP contribution in [-0.4, -0.2) is 43.1 Å². The highest BCUT2D eigenvalue weighted by Gasteiger charge is 2.19. The summed E-state index contributed by atoms with van der Waals surface area (Å²) in [5, 5.41) is 20.7. The second-order valence-corrected chi connectivity index (χ2v) is 6.38. The molecule has 1 unspecified atom stereocenters. The van der Waals surface area contributed by atoms with Crippen molar-refractivity contribution in [3.05, 3.63) is 36.2 Å². The fourth-order valence-corrected chi connectivity index (χ4v) is 3.25. The van der Waals surface area contributed by atoms with Crippen LogP contribution < -0.4 is 0 Å². The van der Waals surface area contributed by atoms with Crippen molar-refractivity contribution in [3.63, 3.8) is 0 Å². The van der Waals surface area contributed by atoms with Crippen LogP contribution in [0.25, 0.3) is 11.5 Å². The molecule has 0 N–H and O–H groups in total. The Bertz CT molecular complexity index is 784. The molecule has 4 rings (SSSR count). The van der Waals surface area contributed by atoms with Crippen molar-refractivity contribution in [2.75, 3.05) is 6.61 Å². The van der Waals surface area contributed by atoms with Crippen LogP contribution in [0.1, 0.15) is 18.7 Å². The van der Waals surface area contributed by atoms with Crippen LogP contribution in [0.15, 0.2) is 39.9 Å². The van der Waals surface area contributed by atoms with E-state index >= 15 is 0 Å². The number of thioether (sulfide) groups is 1. The SMILES string of the molecule is c1ccc(-c2nnc(CSc3nnnn3CC3CCCO3)o2)cc1. The van der Waals surface area contributed by atoms with Crippen LogP contribution in [0, 0.1) is 0 Å². The van der Waals surface area contributed by atoms with Crippen LogP contribution in [0.2, 0.25) is 0 Å². The first kappa shape index (κ1) is 15.3. The molecule has 2 aromatic heterocycles. The molecule has 0 bridgehead atoms. The monoisotopic (exact) mass is 344 g/mol. The second kappa shape index (κ2) is 7.10. The first-order valence-corrected chi connectivity index (χ1v) is 8.75. The number of rotatable bonds is 6. The number of ether oxygens (including phenoxy) is 1. The minimum atomic E-state index is 0.195. The van der Waals surface area contributed by atoms with Gasteiger partial charge in [-0.25, -0.2) is 4.68 Å². The van der Waals surface area contributed by atoms with Gasteiger partial charge in [0.1, 0.15) is 0 Å². The number of tetrazole rings is 1. The number of aromatic nitrogens is 6. The van der Waals surface area contributed by atoms with E-state index in [1.165, 1.54) is 11.8 Å². The average Bonchev–Trinajstić information content (AvgIpc) is 3.37. The summed E-state index contributed by atoms with van der Waals surface area (Å²) in [7, 11) is 0. The van der Waals surface area contributed by atoms with E-state index < -0.39 is 0 Å². The van der Waals surface area contributed by atoms with Crippen LogP contribution >= 0.6 is 11.8 Å². The summed E-state index contributed by atoms with van der Waals surface area (Å²) in [6, 6.07) is 9.70. The van der Waals surface area contributed by atoms with E-state index in [-0.39, 0.29) is 6.10 Å². The van der Waals surface area contributed by atoms with Gasteiger partial charge in [0.2, 0.25) is 16.9 Å². The van der Waals surface area contributed by atoms with Gasteiger partial charge in [-0.3, -0.25) is 0 Å². The van der Waals surface area contributed by atoms with Gasteiger partial charge in [-0.15, -0.1) is 15.3 Å². The summed E-state index contributed by atoms with van der Waals surface area (Å²) in [6.45, 7) is 1.49. The maximum atomic E-state index is 5.70. The molecule has 1 saturated heterocycles. The first-order chi connectivity index (χ1) is 11.9. The molecule has 1 fully saturated rings. The van der Waals surface area contributed by atoms with Crippen molar-refractivity contribution in [2.45, 2.75) is 36.4 Å². The highest BCUT2D eigenvalue weighted by Crippen LogP contribution is 2.23. The van der Waals surface area contributed by atoms with Gasteiger partial charge in [-0.1, -0.05) is 30.0 Å². The molecule has 0 spiro atoms. The maximum Gasteiger partial charge on any atom is 0.247 e. The predicted octanol–water partition coefficient (Wildman–Crippen LogP) is 2.19. The molecule has 8 nitrogen and oxygen atoms in total. The van der Waals surface area contributed by atoms with Crippen molar-refractivity contribution in [1.82, 2.24) is 30.4 Å². The third-order valence-corrected chi connectivity index (χ3v) is 4.65. The molecule has 1 aliphatic rings. The van der Waals surface area contributed by atoms with Crippen molar-refractivity contribution < 1.29 is 9.15 Å². The summed E-state index contributed by atoms with van der Waals surface area (Å²) >= 11 is 1.47. The van der Waals surface area contributed by atoms with Crippen molar-refractivity contribution in [2.24, 2.45) is 0 Å². The van der Waals surface area contributed by atoms with Crippen molar-refractivity contribution in [1.29, 1.82) is 0 Å². The van der Waals surface area contributed by atoms with E-state index in [9.17, 15) is 0 Å². The molecule has 1 aromatic carbocycles. The average molecular weight is 344 g/mol. The Morgan fingerprint density at radius 1 is 1.17 bits per heavy atom. The largest absolute Gasteiger partial charge is 0.420 e. The lowest BCUT2D eigenvalue weighted by molar-refractivity contribution is 0.0912. The molecule has 0 radical (unpaired) electrons. The third kappa shape index (κ3) is 3.46. The summed E-state index contributed by atoms with van der Waals surface area (Å²) in [6.07, 6.45) is 2.34. The van der Waals surface area contributed by atoms with E-state index in [4.69, 9.17) is 9.15 Å². The van der Waals surface area contributed by atoms with Gasteiger partial charge >= 0.3 is 0 Å². The third-order valence-electron chi connectivity index (χ3n) is 3.71. The van der Waals surface area contributed by atoms with Crippen LogP contribution in [-0.2, 0) is 17.0 Å². The Balaban J connectivity index is 1.39. The minimum Gasteiger partial charge on any atom is -0.420 e. The zero-order valence-corrected chi connectivity index (χ0v) is 13.7. The van der Waals surface area contributed by atoms with E-state index in [2.05, 4.69) is 25.7 Å². The van der Waals surface area contributed by atoms with Crippen LogP contribution in [0.3, 0.4) is 0 Å². The summed E-state index contributed by atoms with van der Waals surface area (Å²) in [4.78, 5) is 0. The van der Waals surface area contributed by atoms with Crippen LogP contribution in [0.4, 0.5) is 0 Å². The Morgan fingerprint density at radius 2 is 2.08 bits per heavy atom. The van der Waals surface area contributed by atoms with Gasteiger partial charge in [0.05, 0.1) is 18.4 Å². The quantitative estimate of drug-likeness (QED) is 0.628. The van der Waals surface area contributed by atoms with Gasteiger partial charge in [-0.05, 0) is 35.4 Å². The molecule has 3 aromatic rings. The van der Waals surface area contributed by atoms with E-state index in [1.807, 2.05) is 30.3 Å². The zero-order chi connectivity index (χ0) is 16.2. The van der Waals surface area contributed by atoms with E-state index in [0.29, 0.717) is 24.1 Å². The molecule has 0 amide bonds. The van der Waals surface area contributed by atoms with Gasteiger partial charge < -0.3 is 9.15 Å². The highest BCUT2D eigenvalue weighted by atomic mass is 32.2. The molecule has 24 heavy (non-hydrogen) atoms. The standard InChI is InChI=1S/C15H16N6O2S/c1-2-5-11(6-3-1)14-17-16-13(23-14)10-24-15-18-19-20-21(15)9-12-7-4-8-22-12/h1-3,5-6,12H,4,7-10H2. The first-order valence-electron chi connectivity index (χ1n) is 7.77. The fourth-order valence-electron chi connectivity index (χ4n) is 2.53. The number of benzene rings is 1. The predicted molar refractivity (Wildman–Crippen MR) is 86.1 cm³/mol.